The molecule has 1 heterocycles. The molecule has 1 saturated heterocycles. The molecule has 1 aliphatic rings. The SMILES string of the molecule is CCOc1cc(/C=C2\C(=O)NC(=O)N(c3ccc(F)cc3)C2=O)ccc1OCC(=O)Nc1ccc(C)c(Cl)c1. The van der Waals surface area contributed by atoms with Crippen molar-refractivity contribution in [1.29, 1.82) is 0 Å². The summed E-state index contributed by atoms with van der Waals surface area (Å²) in [5.74, 6) is -2.18. The lowest BCUT2D eigenvalue weighted by atomic mass is 10.1. The highest BCUT2D eigenvalue weighted by atomic mass is 35.5. The molecule has 4 rings (SSSR count). The van der Waals surface area contributed by atoms with Gasteiger partial charge in [-0.2, -0.15) is 0 Å². The molecular formula is C28H23ClFN3O6. The fourth-order valence-corrected chi connectivity index (χ4v) is 3.84. The number of ether oxygens (including phenoxy) is 2. The maximum absolute atomic E-state index is 13.3. The number of nitrogens with one attached hydrogen (secondary N) is 2. The second-order valence-corrected chi connectivity index (χ2v) is 8.78. The molecule has 39 heavy (non-hydrogen) atoms. The Bertz CT molecular complexity index is 1490. The fourth-order valence-electron chi connectivity index (χ4n) is 3.66. The number of hydrogen-bond donors (Lipinski definition) is 2. The van der Waals surface area contributed by atoms with E-state index in [1.807, 2.05) is 6.92 Å². The van der Waals surface area contributed by atoms with Crippen molar-refractivity contribution in [2.75, 3.05) is 23.4 Å². The van der Waals surface area contributed by atoms with Gasteiger partial charge in [0.05, 0.1) is 12.3 Å². The molecule has 0 spiro atoms. The molecule has 9 nitrogen and oxygen atoms in total. The summed E-state index contributed by atoms with van der Waals surface area (Å²) >= 11 is 6.10. The highest BCUT2D eigenvalue weighted by molar-refractivity contribution is 6.39. The maximum Gasteiger partial charge on any atom is 0.335 e. The Morgan fingerprint density at radius 1 is 1.03 bits per heavy atom. The normalized spacial score (nSPS) is 14.3. The largest absolute Gasteiger partial charge is 0.490 e. The number of halogens is 2. The molecule has 1 fully saturated rings. The smallest absolute Gasteiger partial charge is 0.335 e. The predicted molar refractivity (Wildman–Crippen MR) is 143 cm³/mol. The fraction of sp³-hybridized carbons (Fsp3) is 0.143. The number of imide groups is 2. The van der Waals surface area contributed by atoms with Gasteiger partial charge in [-0.3, -0.25) is 19.7 Å². The van der Waals surface area contributed by atoms with Crippen LogP contribution in [-0.4, -0.2) is 37.0 Å². The van der Waals surface area contributed by atoms with Crippen molar-refractivity contribution in [2.45, 2.75) is 13.8 Å². The number of nitrogens with zero attached hydrogens (tertiary/aromatic N) is 1. The number of hydrogen-bond acceptors (Lipinski definition) is 6. The number of urea groups is 1. The summed E-state index contributed by atoms with van der Waals surface area (Å²) in [7, 11) is 0. The first-order chi connectivity index (χ1) is 18.7. The summed E-state index contributed by atoms with van der Waals surface area (Å²) in [5.41, 5.74) is 1.59. The zero-order valence-electron chi connectivity index (χ0n) is 20.9. The third-order valence-electron chi connectivity index (χ3n) is 5.58. The zero-order chi connectivity index (χ0) is 28.1. The van der Waals surface area contributed by atoms with E-state index in [0.29, 0.717) is 16.3 Å². The average molecular weight is 552 g/mol. The number of aryl methyl sites for hydroxylation is 1. The first kappa shape index (κ1) is 27.3. The van der Waals surface area contributed by atoms with E-state index in [-0.39, 0.29) is 36.0 Å². The van der Waals surface area contributed by atoms with E-state index in [1.165, 1.54) is 30.3 Å². The number of rotatable bonds is 8. The molecular weight excluding hydrogens is 529 g/mol. The molecule has 200 valence electrons. The summed E-state index contributed by atoms with van der Waals surface area (Å²) < 4.78 is 24.6. The van der Waals surface area contributed by atoms with Crippen LogP contribution in [0.25, 0.3) is 6.08 Å². The minimum atomic E-state index is -0.946. The first-order valence-corrected chi connectivity index (χ1v) is 12.2. The molecule has 0 unspecified atom stereocenters. The van der Waals surface area contributed by atoms with Gasteiger partial charge in [0.1, 0.15) is 11.4 Å². The van der Waals surface area contributed by atoms with Gasteiger partial charge in [-0.1, -0.05) is 23.7 Å². The quantitative estimate of drug-likeness (QED) is 0.305. The summed E-state index contributed by atoms with van der Waals surface area (Å²) in [4.78, 5) is 51.0. The van der Waals surface area contributed by atoms with Crippen molar-refractivity contribution in [1.82, 2.24) is 5.32 Å². The maximum atomic E-state index is 13.3. The Morgan fingerprint density at radius 2 is 1.77 bits per heavy atom. The second kappa shape index (κ2) is 11.8. The van der Waals surface area contributed by atoms with E-state index in [4.69, 9.17) is 21.1 Å². The van der Waals surface area contributed by atoms with Gasteiger partial charge in [-0.15, -0.1) is 0 Å². The van der Waals surface area contributed by atoms with Gasteiger partial charge < -0.3 is 14.8 Å². The Labute approximate surface area is 228 Å². The molecule has 0 aromatic heterocycles. The van der Waals surface area contributed by atoms with Crippen LogP contribution in [0.1, 0.15) is 18.1 Å². The van der Waals surface area contributed by atoms with Gasteiger partial charge in [0.2, 0.25) is 0 Å². The summed E-state index contributed by atoms with van der Waals surface area (Å²) in [6.45, 7) is 3.56. The van der Waals surface area contributed by atoms with E-state index < -0.39 is 29.6 Å². The van der Waals surface area contributed by atoms with E-state index in [1.54, 1.807) is 31.2 Å². The minimum absolute atomic E-state index is 0.0993. The zero-order valence-corrected chi connectivity index (χ0v) is 21.7. The number of anilines is 2. The second-order valence-electron chi connectivity index (χ2n) is 8.37. The van der Waals surface area contributed by atoms with E-state index in [0.717, 1.165) is 22.6 Å². The highest BCUT2D eigenvalue weighted by Gasteiger charge is 2.36. The van der Waals surface area contributed by atoms with Gasteiger partial charge in [0.15, 0.2) is 18.1 Å². The van der Waals surface area contributed by atoms with Gasteiger partial charge in [-0.05, 0) is 79.6 Å². The predicted octanol–water partition coefficient (Wildman–Crippen LogP) is 4.87. The van der Waals surface area contributed by atoms with Crippen LogP contribution in [0.3, 0.4) is 0 Å². The monoisotopic (exact) mass is 551 g/mol. The summed E-state index contributed by atoms with van der Waals surface area (Å²) in [6, 6.07) is 13.5. The van der Waals surface area contributed by atoms with Crippen molar-refractivity contribution < 1.29 is 33.0 Å². The number of benzene rings is 3. The van der Waals surface area contributed by atoms with Crippen LogP contribution < -0.4 is 25.0 Å². The van der Waals surface area contributed by atoms with Crippen LogP contribution >= 0.6 is 11.6 Å². The van der Waals surface area contributed by atoms with Crippen molar-refractivity contribution in [3.63, 3.8) is 0 Å². The Morgan fingerprint density at radius 3 is 2.46 bits per heavy atom. The van der Waals surface area contributed by atoms with Gasteiger partial charge in [0.25, 0.3) is 17.7 Å². The average Bonchev–Trinajstić information content (AvgIpc) is 2.89. The number of barbiturate groups is 1. The van der Waals surface area contributed by atoms with Gasteiger partial charge in [0, 0.05) is 10.7 Å². The Balaban J connectivity index is 1.52. The lowest BCUT2D eigenvalue weighted by molar-refractivity contribution is -0.122. The Kier molecular flexibility index (Phi) is 8.26. The molecule has 0 bridgehead atoms. The number of carbonyl (C=O) groups is 4. The molecule has 3 aromatic rings. The van der Waals surface area contributed by atoms with Gasteiger partial charge >= 0.3 is 6.03 Å². The molecule has 3 aromatic carbocycles. The van der Waals surface area contributed by atoms with E-state index in [2.05, 4.69) is 10.6 Å². The van der Waals surface area contributed by atoms with Crippen molar-refractivity contribution in [3.05, 3.63) is 88.2 Å². The van der Waals surface area contributed by atoms with Gasteiger partial charge in [-0.25, -0.2) is 14.1 Å². The number of carbonyl (C=O) groups excluding carboxylic acids is 4. The van der Waals surface area contributed by atoms with Crippen LogP contribution in [0.5, 0.6) is 11.5 Å². The van der Waals surface area contributed by atoms with Crippen molar-refractivity contribution in [2.24, 2.45) is 0 Å². The molecule has 2 N–H and O–H groups in total. The van der Waals surface area contributed by atoms with Crippen molar-refractivity contribution in [3.8, 4) is 11.5 Å². The third-order valence-corrected chi connectivity index (χ3v) is 5.99. The summed E-state index contributed by atoms with van der Waals surface area (Å²) in [6.07, 6.45) is 1.29. The standard InChI is InChI=1S/C28H23ClFN3O6/c1-3-38-24-13-17(5-11-23(24)39-15-25(34)31-19-8-4-16(2)22(29)14-19)12-21-26(35)32-28(37)33(27(21)36)20-9-6-18(30)7-10-20/h4-14H,3,15H2,1-2H3,(H,31,34)(H,32,35,37)/b21-12+. The topological polar surface area (TPSA) is 114 Å². The molecule has 0 atom stereocenters. The molecule has 0 aliphatic carbocycles. The van der Waals surface area contributed by atoms with Crippen LogP contribution in [0.2, 0.25) is 5.02 Å². The molecule has 1 aliphatic heterocycles. The highest BCUT2D eigenvalue weighted by Crippen LogP contribution is 2.30. The lowest BCUT2D eigenvalue weighted by Crippen LogP contribution is -2.54. The van der Waals surface area contributed by atoms with Crippen LogP contribution in [-0.2, 0) is 14.4 Å². The number of amides is 5. The molecule has 11 heteroatoms. The molecule has 5 amide bonds. The van der Waals surface area contributed by atoms with Crippen LogP contribution in [0, 0.1) is 12.7 Å². The van der Waals surface area contributed by atoms with Crippen LogP contribution in [0.4, 0.5) is 20.6 Å². The van der Waals surface area contributed by atoms with E-state index >= 15 is 0 Å². The molecule has 0 saturated carbocycles. The molecule has 0 radical (unpaired) electrons. The Hall–Kier alpha value is -4.70. The van der Waals surface area contributed by atoms with Crippen molar-refractivity contribution >= 4 is 52.8 Å². The lowest BCUT2D eigenvalue weighted by Gasteiger charge is -2.26. The first-order valence-electron chi connectivity index (χ1n) is 11.8. The van der Waals surface area contributed by atoms with E-state index in [9.17, 15) is 23.6 Å². The summed E-state index contributed by atoms with van der Waals surface area (Å²) in [5, 5.41) is 5.33. The third kappa shape index (κ3) is 6.42. The minimum Gasteiger partial charge on any atom is -0.490 e. The van der Waals surface area contributed by atoms with Crippen LogP contribution in [0.15, 0.2) is 66.2 Å².